The first kappa shape index (κ1) is 14.1. The zero-order valence-corrected chi connectivity index (χ0v) is 11.2. The predicted octanol–water partition coefficient (Wildman–Crippen LogP) is 1.45. The molecule has 5 heteroatoms. The van der Waals surface area contributed by atoms with Crippen molar-refractivity contribution < 1.29 is 14.7 Å². The van der Waals surface area contributed by atoms with Crippen LogP contribution in [0.1, 0.15) is 21.5 Å². The third-order valence-electron chi connectivity index (χ3n) is 2.88. The number of aliphatic carboxylic acids is 1. The second-order valence-electron chi connectivity index (χ2n) is 4.24. The number of carbonyl (C=O) groups is 2. The minimum absolute atomic E-state index is 0.0792. The van der Waals surface area contributed by atoms with Gasteiger partial charge in [0.15, 0.2) is 5.78 Å². The summed E-state index contributed by atoms with van der Waals surface area (Å²) < 4.78 is 0. The Balaban J connectivity index is 2.51. The average Bonchev–Trinajstić information content (AvgIpc) is 2.42. The van der Waals surface area contributed by atoms with Crippen LogP contribution in [0.5, 0.6) is 0 Å². The molecule has 2 aromatic rings. The van der Waals surface area contributed by atoms with Gasteiger partial charge in [-0.05, 0) is 11.6 Å². The molecule has 0 atom stereocenters. The molecule has 2 rings (SSSR count). The van der Waals surface area contributed by atoms with Gasteiger partial charge in [-0.15, -0.1) is 0 Å². The number of ketones is 1. The molecular weight excluding hydrogens is 278 g/mol. The minimum Gasteiger partial charge on any atom is -0.550 e. The van der Waals surface area contributed by atoms with Gasteiger partial charge in [0.25, 0.3) is 0 Å². The Bertz CT molecular complexity index is 668. The second-order valence-corrected chi connectivity index (χ2v) is 4.65. The number of rotatable bonds is 4. The molecule has 2 N–H and O–H groups in total. The van der Waals surface area contributed by atoms with Gasteiger partial charge in [-0.3, -0.25) is 4.79 Å². The summed E-state index contributed by atoms with van der Waals surface area (Å²) in [4.78, 5) is 23.1. The van der Waals surface area contributed by atoms with Crippen LogP contribution in [-0.2, 0) is 11.2 Å². The van der Waals surface area contributed by atoms with E-state index in [1.54, 1.807) is 30.3 Å². The van der Waals surface area contributed by atoms with Gasteiger partial charge in [-0.2, -0.15) is 0 Å². The first-order valence-corrected chi connectivity index (χ1v) is 6.25. The summed E-state index contributed by atoms with van der Waals surface area (Å²) in [5, 5.41) is 10.9. The Kier molecular flexibility index (Phi) is 4.05. The molecule has 0 amide bonds. The Labute approximate surface area is 120 Å². The fraction of sp³-hybridized carbons (Fsp3) is 0.0667. The first-order chi connectivity index (χ1) is 9.50. The SMILES string of the molecule is Nc1c(CC(=O)[O-])ccc(Cl)c1C(=O)c1ccccc1. The van der Waals surface area contributed by atoms with Crippen molar-refractivity contribution in [2.75, 3.05) is 5.73 Å². The maximum Gasteiger partial charge on any atom is 0.196 e. The van der Waals surface area contributed by atoms with E-state index in [9.17, 15) is 14.7 Å². The molecule has 0 radical (unpaired) electrons. The van der Waals surface area contributed by atoms with Crippen molar-refractivity contribution in [1.82, 2.24) is 0 Å². The highest BCUT2D eigenvalue weighted by Crippen LogP contribution is 2.28. The molecule has 0 aliphatic heterocycles. The Hall–Kier alpha value is -2.33. The number of hydrogen-bond acceptors (Lipinski definition) is 4. The van der Waals surface area contributed by atoms with Crippen molar-refractivity contribution in [2.24, 2.45) is 0 Å². The van der Waals surface area contributed by atoms with Gasteiger partial charge < -0.3 is 15.6 Å². The molecule has 4 nitrogen and oxygen atoms in total. The van der Waals surface area contributed by atoms with Crippen LogP contribution < -0.4 is 10.8 Å². The number of anilines is 1. The molecule has 0 unspecified atom stereocenters. The fourth-order valence-electron chi connectivity index (χ4n) is 1.91. The minimum atomic E-state index is -1.27. The lowest BCUT2D eigenvalue weighted by Crippen LogP contribution is -2.25. The molecule has 0 aliphatic carbocycles. The van der Waals surface area contributed by atoms with Gasteiger partial charge in [0.1, 0.15) is 0 Å². The van der Waals surface area contributed by atoms with Crippen molar-refractivity contribution in [2.45, 2.75) is 6.42 Å². The molecular formula is C15H11ClNO3-. The molecule has 0 spiro atoms. The van der Waals surface area contributed by atoms with E-state index in [0.717, 1.165) is 0 Å². The number of carboxylic acids is 1. The van der Waals surface area contributed by atoms with E-state index in [0.29, 0.717) is 11.1 Å². The molecule has 0 saturated carbocycles. The summed E-state index contributed by atoms with van der Waals surface area (Å²) in [7, 11) is 0. The summed E-state index contributed by atoms with van der Waals surface area (Å²) >= 11 is 6.02. The molecule has 2 aromatic carbocycles. The van der Waals surface area contributed by atoms with E-state index < -0.39 is 5.97 Å². The van der Waals surface area contributed by atoms with Crippen LogP contribution >= 0.6 is 11.6 Å². The molecule has 102 valence electrons. The molecule has 0 aromatic heterocycles. The summed E-state index contributed by atoms with van der Waals surface area (Å²) in [6.45, 7) is 0. The number of carboxylic acid groups (broad SMARTS) is 1. The smallest absolute Gasteiger partial charge is 0.196 e. The Morgan fingerprint density at radius 3 is 2.35 bits per heavy atom. The summed E-state index contributed by atoms with van der Waals surface area (Å²) in [5.74, 6) is -1.61. The average molecular weight is 289 g/mol. The van der Waals surface area contributed by atoms with E-state index >= 15 is 0 Å². The maximum atomic E-state index is 12.4. The molecule has 0 aliphatic rings. The molecule has 0 fully saturated rings. The number of nitrogen functional groups attached to an aromatic ring is 1. The van der Waals surface area contributed by atoms with E-state index in [2.05, 4.69) is 0 Å². The third-order valence-corrected chi connectivity index (χ3v) is 3.20. The number of benzene rings is 2. The van der Waals surface area contributed by atoms with E-state index in [4.69, 9.17) is 17.3 Å². The summed E-state index contributed by atoms with van der Waals surface area (Å²) in [5.41, 5.74) is 6.83. The normalized spacial score (nSPS) is 10.2. The summed E-state index contributed by atoms with van der Waals surface area (Å²) in [6, 6.07) is 11.5. The van der Waals surface area contributed by atoms with Crippen LogP contribution in [0.4, 0.5) is 5.69 Å². The molecule has 20 heavy (non-hydrogen) atoms. The lowest BCUT2D eigenvalue weighted by atomic mass is 9.97. The quantitative estimate of drug-likeness (QED) is 0.682. The molecule has 0 saturated heterocycles. The van der Waals surface area contributed by atoms with E-state index in [-0.39, 0.29) is 28.5 Å². The molecule has 0 bridgehead atoms. The van der Waals surface area contributed by atoms with Crippen molar-refractivity contribution in [3.63, 3.8) is 0 Å². The highest BCUT2D eigenvalue weighted by atomic mass is 35.5. The van der Waals surface area contributed by atoms with Crippen LogP contribution in [0.25, 0.3) is 0 Å². The maximum absolute atomic E-state index is 12.4. The fourth-order valence-corrected chi connectivity index (χ4v) is 2.16. The van der Waals surface area contributed by atoms with Gasteiger partial charge in [-0.1, -0.05) is 48.0 Å². The predicted molar refractivity (Wildman–Crippen MR) is 74.4 cm³/mol. The van der Waals surface area contributed by atoms with E-state index in [1.807, 2.05) is 0 Å². The van der Waals surface area contributed by atoms with Gasteiger partial charge in [-0.25, -0.2) is 0 Å². The summed E-state index contributed by atoms with van der Waals surface area (Å²) in [6.07, 6.45) is -0.363. The zero-order chi connectivity index (χ0) is 14.7. The van der Waals surface area contributed by atoms with Crippen molar-refractivity contribution >= 4 is 29.0 Å². The van der Waals surface area contributed by atoms with E-state index in [1.165, 1.54) is 12.1 Å². The highest BCUT2D eigenvalue weighted by Gasteiger charge is 2.18. The second kappa shape index (κ2) is 5.75. The largest absolute Gasteiger partial charge is 0.550 e. The van der Waals surface area contributed by atoms with Crippen LogP contribution in [0.2, 0.25) is 5.02 Å². The Morgan fingerprint density at radius 2 is 1.75 bits per heavy atom. The number of halogens is 1. The van der Waals surface area contributed by atoms with Gasteiger partial charge in [0.05, 0.1) is 10.6 Å². The van der Waals surface area contributed by atoms with Crippen molar-refractivity contribution in [1.29, 1.82) is 0 Å². The lowest BCUT2D eigenvalue weighted by Gasteiger charge is -2.12. The lowest BCUT2D eigenvalue weighted by molar-refractivity contribution is -0.304. The molecule has 0 heterocycles. The van der Waals surface area contributed by atoms with Crippen LogP contribution in [0, 0.1) is 0 Å². The van der Waals surface area contributed by atoms with Gasteiger partial charge in [0, 0.05) is 23.6 Å². The number of carbonyl (C=O) groups excluding carboxylic acids is 2. The van der Waals surface area contributed by atoms with Crippen LogP contribution in [0.3, 0.4) is 0 Å². The monoisotopic (exact) mass is 288 g/mol. The van der Waals surface area contributed by atoms with Gasteiger partial charge in [0.2, 0.25) is 0 Å². The van der Waals surface area contributed by atoms with Crippen molar-refractivity contribution in [3.8, 4) is 0 Å². The Morgan fingerprint density at radius 1 is 1.10 bits per heavy atom. The highest BCUT2D eigenvalue weighted by molar-refractivity contribution is 6.36. The third kappa shape index (κ3) is 2.81. The number of hydrogen-bond donors (Lipinski definition) is 1. The topological polar surface area (TPSA) is 83.2 Å². The number of nitrogens with two attached hydrogens (primary N) is 1. The van der Waals surface area contributed by atoms with Crippen molar-refractivity contribution in [3.05, 3.63) is 64.2 Å². The van der Waals surface area contributed by atoms with Gasteiger partial charge >= 0.3 is 0 Å². The van der Waals surface area contributed by atoms with Crippen LogP contribution in [-0.4, -0.2) is 11.8 Å². The zero-order valence-electron chi connectivity index (χ0n) is 10.4. The van der Waals surface area contributed by atoms with Crippen LogP contribution in [0.15, 0.2) is 42.5 Å². The first-order valence-electron chi connectivity index (χ1n) is 5.87. The standard InChI is InChI=1S/C15H12ClNO3/c16-11-7-6-10(8-12(18)19)14(17)13(11)15(20)9-4-2-1-3-5-9/h1-7H,8,17H2,(H,18,19)/p-1.